The van der Waals surface area contributed by atoms with Gasteiger partial charge in [-0.15, -0.1) is 60.3 Å². The van der Waals surface area contributed by atoms with Gasteiger partial charge in [0.05, 0.1) is 33.2 Å². The number of rotatable bonds is 20. The Morgan fingerprint density at radius 3 is 0.966 bits per heavy atom. The standard InChI is InChI=1S/C30H30N4.C28H34N2.C15H16N2.7HI.H2O/c1-23-21-27(31)25-15-9-11-17-29(25)33(23)19-13-7-5-3-4-6-8-14-20-34-24(2)22-28(32)26-16-10-12-18-30(26)34;1(3-5-11-21-29-23-13-17-25-15-7-9-19-27(25)29)2-4-6-12-22-30-24-14-18-26-16-8-10-20-28(26)30;1-3-4-7-10-17-12(2)11-14(16)13-8-5-6-9-15(13)17;;;;;;;;/h9-12,15-18,21-22,31-32H,7-8,13-14,19-20H2,1-2H3;7-10,13-20,23-24H,1-6,11-12,21-22H2;1,5-6,8-9,11,16H,4,7,10H2,2H3;7*1H;1H2/q;+2;;;;;;;;;/p-2. The van der Waals surface area contributed by atoms with E-state index in [1.54, 1.807) is 0 Å². The number of nitrogens with two attached hydrogens (primary N) is 3. The number of benzene rings is 5. The Hall–Kier alpha value is -3.70. The van der Waals surface area contributed by atoms with Gasteiger partial charge in [-0.05, 0) is 67.1 Å². The second-order valence-corrected chi connectivity index (χ2v) is 21.2. The first kappa shape index (κ1) is 85.3. The molecule has 10 aromatic rings. The minimum Gasteiger partial charge on any atom is -1.00 e. The van der Waals surface area contributed by atoms with E-state index in [0.29, 0.717) is 0 Å². The molecule has 0 spiro atoms. The van der Waals surface area contributed by atoms with Crippen LogP contribution in [0, 0.1) is 56.8 Å². The number of pyridine rings is 5. The average Bonchev–Trinajstić information content (AvgIpc) is 2.16. The molecular formula is C73H87I7N8O. The van der Waals surface area contributed by atoms with Crippen molar-refractivity contribution in [3.05, 3.63) is 193 Å². The van der Waals surface area contributed by atoms with E-state index >= 15 is 0 Å². The number of terminal acetylenes is 1. The number of fused-ring (bicyclic) bond motifs is 5. The molecule has 89 heavy (non-hydrogen) atoms. The van der Waals surface area contributed by atoms with E-state index in [0.717, 1.165) is 104 Å². The van der Waals surface area contributed by atoms with E-state index in [1.165, 1.54) is 107 Å². The van der Waals surface area contributed by atoms with E-state index in [1.807, 2.05) is 42.5 Å². The molecule has 5 heterocycles. The number of halogens is 7. The highest BCUT2D eigenvalue weighted by atomic mass is 127. The van der Waals surface area contributed by atoms with Crippen LogP contribution in [0.2, 0.25) is 0 Å². The summed E-state index contributed by atoms with van der Waals surface area (Å²) in [5.74, 6) is 15.1. The first-order chi connectivity index (χ1) is 39.7. The van der Waals surface area contributed by atoms with Gasteiger partial charge in [-0.2, -0.15) is 22.8 Å². The number of nitrogens with zero attached hydrogens (tertiary/aromatic N) is 5. The maximum absolute atomic E-state index is 6.18. The summed E-state index contributed by atoms with van der Waals surface area (Å²) in [5, 5.41) is 5.98. The molecule has 5 aromatic carbocycles. The second kappa shape index (κ2) is 46.4. The molecule has 0 aliphatic carbocycles. The molecule has 0 atom stereocenters. The van der Waals surface area contributed by atoms with Gasteiger partial charge in [0.25, 0.3) is 0 Å². The van der Waals surface area contributed by atoms with Gasteiger partial charge in [-0.1, -0.05) is 98.2 Å². The topological polar surface area (TPSA) is 129 Å². The van der Waals surface area contributed by atoms with Gasteiger partial charge in [0, 0.05) is 144 Å². The normalized spacial score (nSPS) is 9.82. The molecule has 0 aliphatic rings. The molecule has 474 valence electrons. The third-order valence-electron chi connectivity index (χ3n) is 15.3. The van der Waals surface area contributed by atoms with Crippen molar-refractivity contribution in [3.63, 3.8) is 0 Å². The van der Waals surface area contributed by atoms with Gasteiger partial charge in [0.15, 0.2) is 29.5 Å². The van der Waals surface area contributed by atoms with Crippen LogP contribution in [0.1, 0.15) is 107 Å². The molecule has 0 radical (unpaired) electrons. The third kappa shape index (κ3) is 25.3. The molecule has 16 heteroatoms. The summed E-state index contributed by atoms with van der Waals surface area (Å²) in [6.07, 6.45) is 25.8. The third-order valence-corrected chi connectivity index (χ3v) is 15.3. The maximum Gasteiger partial charge on any atom is 0.214 e. The lowest BCUT2D eigenvalue weighted by atomic mass is 10.1. The van der Waals surface area contributed by atoms with Crippen LogP contribution in [0.4, 0.5) is 17.1 Å². The summed E-state index contributed by atoms with van der Waals surface area (Å²) >= 11 is 0. The van der Waals surface area contributed by atoms with Crippen molar-refractivity contribution < 1.29 is 148 Å². The van der Waals surface area contributed by atoms with Gasteiger partial charge in [-0.25, -0.2) is 0 Å². The molecule has 0 aliphatic heterocycles. The molecule has 0 saturated carbocycles. The van der Waals surface area contributed by atoms with Crippen molar-refractivity contribution >= 4 is 120 Å². The van der Waals surface area contributed by atoms with E-state index in [-0.39, 0.29) is 173 Å². The van der Waals surface area contributed by atoms with Crippen LogP contribution in [0.25, 0.3) is 54.5 Å². The lowest BCUT2D eigenvalue weighted by Crippen LogP contribution is -3.00. The van der Waals surface area contributed by atoms with E-state index in [2.05, 4.69) is 207 Å². The van der Waals surface area contributed by atoms with Crippen LogP contribution in [-0.4, -0.2) is 5.48 Å². The Bertz CT molecular complexity index is 3720. The average molecular weight is 1980 g/mol. The molecule has 0 fully saturated rings. The lowest BCUT2D eigenvalue weighted by molar-refractivity contribution is -0.677. The number of hydrogen-bond acceptors (Lipinski definition) is 3. The Balaban J connectivity index is 0.00000130. The van der Waals surface area contributed by atoms with E-state index < -0.39 is 0 Å². The molecule has 0 bridgehead atoms. The van der Waals surface area contributed by atoms with Crippen LogP contribution < -0.4 is 160 Å². The van der Waals surface area contributed by atoms with Gasteiger partial charge in [-0.3, -0.25) is 0 Å². The predicted molar refractivity (Wildman–Crippen MR) is 372 cm³/mol. The number of aryl methyl sites for hydroxylation is 8. The number of aromatic nitrogens is 5. The smallest absolute Gasteiger partial charge is 0.214 e. The largest absolute Gasteiger partial charge is 1.00 e. The SMILES string of the molecule is C#CCCC[n+]1c(C)cc(N)c2ccccc21.Cc1cc(N)c2ccccc2[n+]1CCCC#CC#CCCC[n+]1c(C)cc(N)c2ccccc21.I.I.O.[I-].[I-].[I-].[I-].[I-].c1ccc2c(c1)ccc[n+]2CCCCCCCCCC[n+]1cccc2ccccc21. The first-order valence-electron chi connectivity index (χ1n) is 29.4. The fraction of sp³-hybridized carbons (Fsp3) is 0.301. The Morgan fingerprint density at radius 2 is 0.629 bits per heavy atom. The zero-order valence-corrected chi connectivity index (χ0v) is 66.9. The number of anilines is 3. The highest BCUT2D eigenvalue weighted by Crippen LogP contribution is 2.22. The van der Waals surface area contributed by atoms with Crippen LogP contribution >= 0.6 is 48.0 Å². The predicted octanol–water partition coefficient (Wildman–Crippen LogP) is -1.13. The molecule has 8 N–H and O–H groups in total. The van der Waals surface area contributed by atoms with Gasteiger partial charge >= 0.3 is 0 Å². The molecule has 0 unspecified atom stereocenters. The van der Waals surface area contributed by atoms with Crippen LogP contribution in [0.5, 0.6) is 0 Å². The van der Waals surface area contributed by atoms with Gasteiger partial charge in [0.2, 0.25) is 27.6 Å². The number of para-hydroxylation sites is 5. The van der Waals surface area contributed by atoms with Crippen molar-refractivity contribution in [3.8, 4) is 36.0 Å². The lowest BCUT2D eigenvalue weighted by Gasteiger charge is -2.06. The Kier molecular flexibility index (Phi) is 44.5. The van der Waals surface area contributed by atoms with E-state index in [4.69, 9.17) is 23.6 Å². The van der Waals surface area contributed by atoms with Crippen molar-refractivity contribution in [2.75, 3.05) is 17.2 Å². The molecule has 9 nitrogen and oxygen atoms in total. The number of nitrogen functional groups attached to an aromatic ring is 3. The highest BCUT2D eigenvalue weighted by molar-refractivity contribution is 14.0. The fourth-order valence-electron chi connectivity index (χ4n) is 11.1. The Morgan fingerprint density at radius 1 is 0.348 bits per heavy atom. The molecular weight excluding hydrogens is 1890 g/mol. The van der Waals surface area contributed by atoms with Crippen LogP contribution in [-0.2, 0) is 32.7 Å². The summed E-state index contributed by atoms with van der Waals surface area (Å²) in [6.45, 7) is 11.3. The van der Waals surface area contributed by atoms with Crippen molar-refractivity contribution in [2.24, 2.45) is 0 Å². The summed E-state index contributed by atoms with van der Waals surface area (Å²) in [7, 11) is 0. The number of unbranched alkanes of at least 4 members (excludes halogenated alkanes) is 10. The summed E-state index contributed by atoms with van der Waals surface area (Å²) in [4.78, 5) is 0. The molecule has 10 rings (SSSR count). The quantitative estimate of drug-likeness (QED) is 0.0387. The molecule has 0 amide bonds. The minimum absolute atomic E-state index is 0. The molecule has 0 saturated heterocycles. The molecule has 5 aromatic heterocycles. The second-order valence-electron chi connectivity index (χ2n) is 21.2. The summed E-state index contributed by atoms with van der Waals surface area (Å²) in [5.41, 5.74) is 30.7. The summed E-state index contributed by atoms with van der Waals surface area (Å²) < 4.78 is 11.7. The monoisotopic (exact) mass is 1980 g/mol. The van der Waals surface area contributed by atoms with Gasteiger partial charge < -0.3 is 143 Å². The fourth-order valence-corrected chi connectivity index (χ4v) is 11.1. The summed E-state index contributed by atoms with van der Waals surface area (Å²) in [6, 6.07) is 57.0. The van der Waals surface area contributed by atoms with Gasteiger partial charge in [0.1, 0.15) is 32.7 Å². The van der Waals surface area contributed by atoms with Crippen molar-refractivity contribution in [1.82, 2.24) is 0 Å². The first-order valence-corrected chi connectivity index (χ1v) is 29.4. The highest BCUT2D eigenvalue weighted by Gasteiger charge is 2.17. The van der Waals surface area contributed by atoms with E-state index in [9.17, 15) is 0 Å². The zero-order valence-electron chi connectivity index (χ0n) is 51.4. The zero-order chi connectivity index (χ0) is 56.6. The maximum atomic E-state index is 6.18. The van der Waals surface area contributed by atoms with Crippen molar-refractivity contribution in [1.29, 1.82) is 0 Å². The Labute approximate surface area is 649 Å². The number of hydrogen-bond donors (Lipinski definition) is 3. The van der Waals surface area contributed by atoms with Crippen LogP contribution in [0.3, 0.4) is 0 Å². The minimum atomic E-state index is 0. The van der Waals surface area contributed by atoms with Crippen molar-refractivity contribution in [2.45, 2.75) is 143 Å². The van der Waals surface area contributed by atoms with Crippen LogP contribution in [0.15, 0.2) is 176 Å².